The zero-order valence-corrected chi connectivity index (χ0v) is 20.8. The zero-order valence-electron chi connectivity index (χ0n) is 18.1. The first-order chi connectivity index (χ1) is 14.4. The van der Waals surface area contributed by atoms with Gasteiger partial charge in [-0.3, -0.25) is 14.4 Å². The Morgan fingerprint density at radius 2 is 0.900 bits per heavy atom. The third-order valence-corrected chi connectivity index (χ3v) is 5.68. The normalized spacial score (nSPS) is 11.2. The van der Waals surface area contributed by atoms with Gasteiger partial charge in [0.2, 0.25) is 0 Å². The molecule has 0 unspecified atom stereocenters. The molecule has 176 valence electrons. The third kappa shape index (κ3) is 15.3. The van der Waals surface area contributed by atoms with Gasteiger partial charge in [0.05, 0.1) is 5.41 Å². The molecule has 0 aliphatic rings. The van der Waals surface area contributed by atoms with Crippen LogP contribution in [0.1, 0.15) is 71.1 Å². The van der Waals surface area contributed by atoms with E-state index in [4.69, 9.17) is 14.2 Å². The molecule has 0 aliphatic heterocycles. The van der Waals surface area contributed by atoms with Crippen molar-refractivity contribution in [2.24, 2.45) is 5.41 Å². The number of esters is 3. The number of carbonyl (C=O) groups is 3. The van der Waals surface area contributed by atoms with E-state index in [1.165, 1.54) is 0 Å². The van der Waals surface area contributed by atoms with Gasteiger partial charge in [-0.2, -0.15) is 37.9 Å². The maximum absolute atomic E-state index is 12.0. The Kier molecular flexibility index (Phi) is 18.8. The van der Waals surface area contributed by atoms with Crippen molar-refractivity contribution < 1.29 is 28.6 Å². The summed E-state index contributed by atoms with van der Waals surface area (Å²) in [4.78, 5) is 36.1. The van der Waals surface area contributed by atoms with Crippen molar-refractivity contribution in [2.45, 2.75) is 71.1 Å². The van der Waals surface area contributed by atoms with Crippen molar-refractivity contribution in [3.8, 4) is 0 Å². The first-order valence-electron chi connectivity index (χ1n) is 10.7. The monoisotopic (exact) mass is 482 g/mol. The number of unbranched alkanes of at least 4 members (excludes halogenated alkanes) is 3. The Morgan fingerprint density at radius 3 is 1.13 bits per heavy atom. The average Bonchev–Trinajstić information content (AvgIpc) is 2.74. The van der Waals surface area contributed by atoms with E-state index in [9.17, 15) is 14.4 Å². The molecule has 0 N–H and O–H groups in total. The minimum absolute atomic E-state index is 0.0387. The predicted molar refractivity (Wildman–Crippen MR) is 129 cm³/mol. The summed E-state index contributed by atoms with van der Waals surface area (Å²) >= 11 is 12.4. The highest BCUT2D eigenvalue weighted by Gasteiger charge is 2.34. The second kappa shape index (κ2) is 19.2. The van der Waals surface area contributed by atoms with E-state index in [2.05, 4.69) is 37.9 Å². The molecule has 0 saturated carbocycles. The number of hydrogen-bond acceptors (Lipinski definition) is 9. The summed E-state index contributed by atoms with van der Waals surface area (Å²) in [6.45, 7) is 2.02. The molecule has 0 spiro atoms. The van der Waals surface area contributed by atoms with Gasteiger partial charge in [-0.1, -0.05) is 6.92 Å². The second-order valence-electron chi connectivity index (χ2n) is 7.38. The van der Waals surface area contributed by atoms with E-state index in [0.29, 0.717) is 44.9 Å². The molecule has 0 rings (SSSR count). The molecule has 0 bridgehead atoms. The van der Waals surface area contributed by atoms with Gasteiger partial charge in [-0.15, -0.1) is 0 Å². The highest BCUT2D eigenvalue weighted by atomic mass is 32.1. The lowest BCUT2D eigenvalue weighted by Crippen LogP contribution is -2.39. The maximum atomic E-state index is 12.0. The Morgan fingerprint density at radius 1 is 0.600 bits per heavy atom. The van der Waals surface area contributed by atoms with Crippen LogP contribution in [-0.2, 0) is 28.6 Å². The minimum atomic E-state index is -0.752. The summed E-state index contributed by atoms with van der Waals surface area (Å²) < 4.78 is 16.3. The molecule has 0 aromatic rings. The van der Waals surface area contributed by atoms with Crippen LogP contribution in [-0.4, -0.2) is 55.0 Å². The van der Waals surface area contributed by atoms with Crippen LogP contribution in [0.4, 0.5) is 0 Å². The molecular formula is C21H38O6S3. The Bertz CT molecular complexity index is 423. The highest BCUT2D eigenvalue weighted by Crippen LogP contribution is 2.25. The van der Waals surface area contributed by atoms with Crippen molar-refractivity contribution in [1.82, 2.24) is 0 Å². The molecule has 6 nitrogen and oxygen atoms in total. The van der Waals surface area contributed by atoms with Crippen LogP contribution in [0, 0.1) is 5.41 Å². The number of rotatable bonds is 19. The number of ether oxygens (including phenoxy) is 3. The predicted octanol–water partition coefficient (Wildman–Crippen LogP) is 4.31. The maximum Gasteiger partial charge on any atom is 0.305 e. The Balaban J connectivity index is 4.80. The molecule has 0 heterocycles. The van der Waals surface area contributed by atoms with Crippen molar-refractivity contribution in [3.05, 3.63) is 0 Å². The van der Waals surface area contributed by atoms with Crippen molar-refractivity contribution >= 4 is 55.8 Å². The van der Waals surface area contributed by atoms with Gasteiger partial charge < -0.3 is 14.2 Å². The van der Waals surface area contributed by atoms with E-state index in [-0.39, 0.29) is 37.7 Å². The largest absolute Gasteiger partial charge is 0.465 e. The standard InChI is InChI=1S/C21H38O6S3/c1-2-21(15-25-18(22)9-3-6-12-28,16-26-19(23)10-4-7-13-29)17-27-20(24)11-5-8-14-30/h28-30H,2-17H2,1H3. The molecule has 0 saturated heterocycles. The number of hydrogen-bond donors (Lipinski definition) is 3. The average molecular weight is 483 g/mol. The summed E-state index contributed by atoms with van der Waals surface area (Å²) in [6, 6.07) is 0. The van der Waals surface area contributed by atoms with Gasteiger partial charge in [0.1, 0.15) is 19.8 Å². The topological polar surface area (TPSA) is 78.9 Å². The van der Waals surface area contributed by atoms with Crippen LogP contribution in [0.2, 0.25) is 0 Å². The fourth-order valence-corrected chi connectivity index (χ4v) is 3.16. The Hall–Kier alpha value is -0.540. The molecular weight excluding hydrogens is 444 g/mol. The van der Waals surface area contributed by atoms with E-state index in [1.54, 1.807) is 0 Å². The van der Waals surface area contributed by atoms with Gasteiger partial charge in [-0.25, -0.2) is 0 Å². The van der Waals surface area contributed by atoms with Crippen LogP contribution < -0.4 is 0 Å². The van der Waals surface area contributed by atoms with Crippen molar-refractivity contribution in [1.29, 1.82) is 0 Å². The highest BCUT2D eigenvalue weighted by molar-refractivity contribution is 7.80. The first-order valence-corrected chi connectivity index (χ1v) is 12.6. The van der Waals surface area contributed by atoms with E-state index >= 15 is 0 Å². The number of carbonyl (C=O) groups excluding carboxylic acids is 3. The second-order valence-corrected chi connectivity index (χ2v) is 8.72. The molecule has 0 amide bonds. The summed E-state index contributed by atoms with van der Waals surface area (Å²) in [5.41, 5.74) is -0.752. The van der Waals surface area contributed by atoms with Gasteiger partial charge in [0.25, 0.3) is 0 Å². The third-order valence-electron chi connectivity index (χ3n) is 4.74. The van der Waals surface area contributed by atoms with Gasteiger partial charge >= 0.3 is 17.9 Å². The number of thiol groups is 3. The summed E-state index contributed by atoms with van der Waals surface area (Å²) in [5.74, 6) is 1.23. The lowest BCUT2D eigenvalue weighted by molar-refractivity contribution is -0.162. The lowest BCUT2D eigenvalue weighted by Gasteiger charge is -2.31. The molecule has 9 heteroatoms. The Labute approximate surface area is 197 Å². The summed E-state index contributed by atoms with van der Waals surface area (Å²) in [7, 11) is 0. The van der Waals surface area contributed by atoms with E-state index < -0.39 is 5.41 Å². The van der Waals surface area contributed by atoms with E-state index in [1.807, 2.05) is 6.92 Å². The van der Waals surface area contributed by atoms with Crippen LogP contribution in [0.5, 0.6) is 0 Å². The van der Waals surface area contributed by atoms with Crippen LogP contribution >= 0.6 is 37.9 Å². The molecule has 0 atom stereocenters. The SMILES string of the molecule is CCC(COC(=O)CCCCS)(COC(=O)CCCCS)COC(=O)CCCCS. The molecule has 0 fully saturated rings. The quantitative estimate of drug-likeness (QED) is 0.110. The van der Waals surface area contributed by atoms with Gasteiger partial charge in [-0.05, 0) is 62.2 Å². The zero-order chi connectivity index (χ0) is 22.7. The fourth-order valence-electron chi connectivity index (χ4n) is 2.49. The summed E-state index contributed by atoms with van der Waals surface area (Å²) in [6.07, 6.45) is 6.12. The van der Waals surface area contributed by atoms with Gasteiger partial charge in [0.15, 0.2) is 0 Å². The molecule has 0 aliphatic carbocycles. The van der Waals surface area contributed by atoms with Crippen molar-refractivity contribution in [2.75, 3.05) is 37.1 Å². The molecule has 0 radical (unpaired) electrons. The summed E-state index contributed by atoms with van der Waals surface area (Å²) in [5, 5.41) is 0. The minimum Gasteiger partial charge on any atom is -0.465 e. The molecule has 0 aromatic carbocycles. The molecule has 0 aromatic heterocycles. The van der Waals surface area contributed by atoms with E-state index in [0.717, 1.165) is 36.5 Å². The molecule has 30 heavy (non-hydrogen) atoms. The smallest absolute Gasteiger partial charge is 0.305 e. The van der Waals surface area contributed by atoms with Crippen molar-refractivity contribution in [3.63, 3.8) is 0 Å². The lowest BCUT2D eigenvalue weighted by atomic mass is 9.88. The van der Waals surface area contributed by atoms with Crippen LogP contribution in [0.3, 0.4) is 0 Å². The van der Waals surface area contributed by atoms with Crippen LogP contribution in [0.15, 0.2) is 0 Å². The first kappa shape index (κ1) is 29.5. The van der Waals surface area contributed by atoms with Crippen LogP contribution in [0.25, 0.3) is 0 Å². The fraction of sp³-hybridized carbons (Fsp3) is 0.857. The van der Waals surface area contributed by atoms with Gasteiger partial charge in [0, 0.05) is 19.3 Å².